The molecule has 2 unspecified atom stereocenters. The average molecular weight is 423 g/mol. The first-order valence-electron chi connectivity index (χ1n) is 9.16. The number of guanidine groups is 1. The van der Waals surface area contributed by atoms with Gasteiger partial charge in [0, 0.05) is 30.7 Å². The van der Waals surface area contributed by atoms with Gasteiger partial charge < -0.3 is 25.2 Å². The third-order valence-electron chi connectivity index (χ3n) is 5.13. The fourth-order valence-corrected chi connectivity index (χ4v) is 3.37. The number of aliphatic hydroxyl groups is 1. The normalized spacial score (nSPS) is 22.5. The van der Waals surface area contributed by atoms with Crippen molar-refractivity contribution >= 4 is 18.3 Å². The molecule has 0 bridgehead atoms. The van der Waals surface area contributed by atoms with E-state index in [2.05, 4.69) is 4.99 Å². The second-order valence-electron chi connectivity index (χ2n) is 7.21. The van der Waals surface area contributed by atoms with Crippen LogP contribution in [0.4, 0.5) is 13.6 Å². The Bertz CT molecular complexity index is 914. The van der Waals surface area contributed by atoms with Gasteiger partial charge in [-0.3, -0.25) is 10.7 Å². The van der Waals surface area contributed by atoms with Crippen LogP contribution in [-0.4, -0.2) is 54.3 Å². The molecule has 9 nitrogen and oxygen atoms in total. The monoisotopic (exact) mass is 423 g/mol. The second kappa shape index (κ2) is 8.36. The predicted octanol–water partition coefficient (Wildman–Crippen LogP) is 1.54. The Labute approximate surface area is 171 Å². The zero-order valence-corrected chi connectivity index (χ0v) is 16.5. The summed E-state index contributed by atoms with van der Waals surface area (Å²) in [7, 11) is 1.37. The van der Waals surface area contributed by atoms with Gasteiger partial charge in [-0.2, -0.15) is 0 Å². The first-order chi connectivity index (χ1) is 14.1. The van der Waals surface area contributed by atoms with E-state index in [1.807, 2.05) is 5.32 Å². The predicted molar refractivity (Wildman–Crippen MR) is 104 cm³/mol. The smallest absolute Gasteiger partial charge is 0.414 e. The maximum Gasteiger partial charge on any atom is 0.414 e. The molecule has 1 aromatic carbocycles. The van der Waals surface area contributed by atoms with Crippen LogP contribution in [-0.2, 0) is 16.1 Å². The van der Waals surface area contributed by atoms with Crippen molar-refractivity contribution in [2.75, 3.05) is 20.2 Å². The summed E-state index contributed by atoms with van der Waals surface area (Å²) in [5.41, 5.74) is 5.34. The molecule has 2 aliphatic rings. The Morgan fingerprint density at radius 2 is 2.17 bits per heavy atom. The van der Waals surface area contributed by atoms with Crippen molar-refractivity contribution in [1.82, 2.24) is 10.2 Å². The van der Waals surface area contributed by atoms with Crippen LogP contribution in [0.2, 0.25) is 0 Å². The van der Waals surface area contributed by atoms with Gasteiger partial charge in [0.05, 0.1) is 13.1 Å². The van der Waals surface area contributed by atoms with Crippen LogP contribution < -0.4 is 11.1 Å². The summed E-state index contributed by atoms with van der Waals surface area (Å²) in [5.74, 6) is -4.32. The Kier molecular flexibility index (Phi) is 6.04. The zero-order chi connectivity index (χ0) is 22.1. The van der Waals surface area contributed by atoms with E-state index < -0.39 is 41.3 Å². The highest BCUT2D eigenvalue weighted by molar-refractivity contribution is 5.90. The van der Waals surface area contributed by atoms with E-state index in [1.54, 1.807) is 17.9 Å². The quantitative estimate of drug-likeness (QED) is 0.323. The minimum Gasteiger partial charge on any atom is -0.444 e. The maximum atomic E-state index is 15.0. The van der Waals surface area contributed by atoms with Crippen LogP contribution in [0.15, 0.2) is 34.8 Å². The second-order valence-corrected chi connectivity index (χ2v) is 7.21. The SMILES string of the molecule is COC1(O)CN(C2=C(F)C(C)C(c3cccc(COC(=O)NC(=N)N)c3F)C=N2)C1. The third kappa shape index (κ3) is 4.26. The maximum absolute atomic E-state index is 15.0. The molecule has 0 aliphatic carbocycles. The van der Waals surface area contributed by atoms with E-state index in [-0.39, 0.29) is 36.6 Å². The molecule has 1 aromatic rings. The number of carbonyl (C=O) groups is 1. The molecule has 0 spiro atoms. The number of hydrogen-bond acceptors (Lipinski definition) is 7. The van der Waals surface area contributed by atoms with Crippen molar-refractivity contribution in [2.45, 2.75) is 25.2 Å². The van der Waals surface area contributed by atoms with Crippen LogP contribution in [0.25, 0.3) is 0 Å². The summed E-state index contributed by atoms with van der Waals surface area (Å²) < 4.78 is 39.8. The number of allylic oxidation sites excluding steroid dienone is 1. The largest absolute Gasteiger partial charge is 0.444 e. The number of likely N-dealkylation sites (tertiary alicyclic amines) is 1. The molecule has 2 aliphatic heterocycles. The number of methoxy groups -OCH3 is 1. The minimum atomic E-state index is -1.32. The van der Waals surface area contributed by atoms with Gasteiger partial charge in [-0.25, -0.2) is 18.6 Å². The van der Waals surface area contributed by atoms with Gasteiger partial charge in [0.2, 0.25) is 5.79 Å². The molecule has 11 heteroatoms. The van der Waals surface area contributed by atoms with E-state index >= 15 is 4.39 Å². The molecule has 162 valence electrons. The van der Waals surface area contributed by atoms with Crippen molar-refractivity contribution in [3.63, 3.8) is 0 Å². The lowest BCUT2D eigenvalue weighted by atomic mass is 9.84. The van der Waals surface area contributed by atoms with Crippen molar-refractivity contribution in [3.05, 3.63) is 46.8 Å². The summed E-state index contributed by atoms with van der Waals surface area (Å²) in [5, 5.41) is 18.8. The number of alkyl carbamates (subject to hydrolysis) is 1. The Balaban J connectivity index is 1.74. The number of rotatable bonds is 5. The summed E-state index contributed by atoms with van der Waals surface area (Å²) in [4.78, 5) is 17.1. The molecule has 1 fully saturated rings. The van der Waals surface area contributed by atoms with Crippen molar-refractivity contribution < 1.29 is 28.2 Å². The standard InChI is InChI=1S/C19H23F2N5O4/c1-10-13(6-24-16(14(10)20)26-8-19(28,9-26)29-2)12-5-3-4-11(15(12)21)7-30-18(27)25-17(22)23/h3-6,10,13,28H,7-9H2,1-2H3,(H4,22,23,25,27). The third-order valence-corrected chi connectivity index (χ3v) is 5.13. The van der Waals surface area contributed by atoms with Crippen molar-refractivity contribution in [3.8, 4) is 0 Å². The number of aliphatic imine (C=N–C) groups is 1. The summed E-state index contributed by atoms with van der Waals surface area (Å²) in [6, 6.07) is 4.53. The van der Waals surface area contributed by atoms with Gasteiger partial charge in [-0.15, -0.1) is 0 Å². The molecule has 1 saturated heterocycles. The highest BCUT2D eigenvalue weighted by atomic mass is 19.1. The highest BCUT2D eigenvalue weighted by Crippen LogP contribution is 2.39. The number of halogens is 2. The molecule has 0 radical (unpaired) electrons. The molecule has 0 saturated carbocycles. The fourth-order valence-electron chi connectivity index (χ4n) is 3.37. The van der Waals surface area contributed by atoms with E-state index in [9.17, 15) is 14.3 Å². The first-order valence-corrected chi connectivity index (χ1v) is 9.16. The topological polar surface area (TPSA) is 133 Å². The van der Waals surface area contributed by atoms with Gasteiger partial charge in [-0.1, -0.05) is 25.1 Å². The Morgan fingerprint density at radius 3 is 2.80 bits per heavy atom. The molecule has 1 amide bonds. The van der Waals surface area contributed by atoms with Gasteiger partial charge in [0.15, 0.2) is 11.8 Å². The Hall–Kier alpha value is -3.05. The molecular formula is C19H23F2N5O4. The number of nitrogens with one attached hydrogen (secondary N) is 2. The molecular weight excluding hydrogens is 400 g/mol. The van der Waals surface area contributed by atoms with Gasteiger partial charge in [0.1, 0.15) is 18.3 Å². The van der Waals surface area contributed by atoms with Gasteiger partial charge in [-0.05, 0) is 5.56 Å². The van der Waals surface area contributed by atoms with E-state index in [0.29, 0.717) is 0 Å². The number of β-amino-alcohol motifs (C(OH)–C–C–N with tert-alkyl or cyclic N) is 1. The van der Waals surface area contributed by atoms with Gasteiger partial charge >= 0.3 is 6.09 Å². The van der Waals surface area contributed by atoms with Gasteiger partial charge in [0.25, 0.3) is 0 Å². The molecule has 5 N–H and O–H groups in total. The first kappa shape index (κ1) is 21.7. The molecule has 2 atom stereocenters. The number of hydrogen-bond donors (Lipinski definition) is 4. The molecule has 0 aromatic heterocycles. The summed E-state index contributed by atoms with van der Waals surface area (Å²) in [6.07, 6.45) is 0.489. The van der Waals surface area contributed by atoms with Crippen molar-refractivity contribution in [1.29, 1.82) is 5.41 Å². The fraction of sp³-hybridized carbons (Fsp3) is 0.421. The number of amides is 1. The van der Waals surface area contributed by atoms with Crippen LogP contribution in [0.3, 0.4) is 0 Å². The lowest BCUT2D eigenvalue weighted by Gasteiger charge is -2.47. The van der Waals surface area contributed by atoms with E-state index in [0.717, 1.165) is 0 Å². The minimum absolute atomic E-state index is 0.0878. The summed E-state index contributed by atoms with van der Waals surface area (Å²) >= 11 is 0. The number of ether oxygens (including phenoxy) is 2. The molecule has 2 heterocycles. The lowest BCUT2D eigenvalue weighted by Crippen LogP contribution is -2.62. The zero-order valence-electron chi connectivity index (χ0n) is 16.5. The van der Waals surface area contributed by atoms with Crippen LogP contribution in [0.1, 0.15) is 24.0 Å². The number of benzene rings is 1. The lowest BCUT2D eigenvalue weighted by molar-refractivity contribution is -0.252. The highest BCUT2D eigenvalue weighted by Gasteiger charge is 2.45. The average Bonchev–Trinajstić information content (AvgIpc) is 2.67. The molecule has 3 rings (SSSR count). The Morgan fingerprint density at radius 1 is 1.47 bits per heavy atom. The van der Waals surface area contributed by atoms with Crippen LogP contribution in [0.5, 0.6) is 0 Å². The number of carbonyl (C=O) groups excluding carboxylic acids is 1. The van der Waals surface area contributed by atoms with Crippen molar-refractivity contribution in [2.24, 2.45) is 16.6 Å². The van der Waals surface area contributed by atoms with E-state index in [1.165, 1.54) is 25.5 Å². The van der Waals surface area contributed by atoms with Crippen LogP contribution >= 0.6 is 0 Å². The van der Waals surface area contributed by atoms with E-state index in [4.69, 9.17) is 20.6 Å². The van der Waals surface area contributed by atoms with Crippen LogP contribution in [0, 0.1) is 17.1 Å². The number of nitrogens with zero attached hydrogens (tertiary/aromatic N) is 2. The summed E-state index contributed by atoms with van der Waals surface area (Å²) in [6.45, 7) is 1.41. The number of nitrogens with two attached hydrogens (primary N) is 1. The molecule has 30 heavy (non-hydrogen) atoms.